The van der Waals surface area contributed by atoms with Gasteiger partial charge in [0.15, 0.2) is 11.5 Å². The first kappa shape index (κ1) is 14.2. The molecule has 0 bridgehead atoms. The molecule has 21 heavy (non-hydrogen) atoms. The highest BCUT2D eigenvalue weighted by Gasteiger charge is 2.17. The summed E-state index contributed by atoms with van der Waals surface area (Å²) in [7, 11) is 0. The van der Waals surface area contributed by atoms with Gasteiger partial charge in [0.1, 0.15) is 0 Å². The molecule has 0 saturated heterocycles. The predicted octanol–water partition coefficient (Wildman–Crippen LogP) is 4.48. The summed E-state index contributed by atoms with van der Waals surface area (Å²) >= 11 is 6.05. The van der Waals surface area contributed by atoms with Gasteiger partial charge in [0.2, 0.25) is 6.79 Å². The van der Waals surface area contributed by atoms with Crippen LogP contribution >= 0.6 is 11.6 Å². The van der Waals surface area contributed by atoms with Crippen LogP contribution in [0.15, 0.2) is 42.5 Å². The van der Waals surface area contributed by atoms with E-state index in [4.69, 9.17) is 21.1 Å². The van der Waals surface area contributed by atoms with Gasteiger partial charge in [0.05, 0.1) is 0 Å². The first-order valence-electron chi connectivity index (χ1n) is 7.04. The molecule has 0 aliphatic carbocycles. The van der Waals surface area contributed by atoms with Crippen LogP contribution < -0.4 is 14.8 Å². The zero-order valence-electron chi connectivity index (χ0n) is 12.1. The summed E-state index contributed by atoms with van der Waals surface area (Å²) in [5.41, 5.74) is 2.35. The molecule has 2 atom stereocenters. The van der Waals surface area contributed by atoms with Crippen LogP contribution in [-0.2, 0) is 0 Å². The molecule has 1 aliphatic rings. The number of fused-ring (bicyclic) bond motifs is 1. The van der Waals surface area contributed by atoms with E-state index in [1.807, 2.05) is 30.3 Å². The van der Waals surface area contributed by atoms with Crippen LogP contribution in [0.25, 0.3) is 0 Å². The van der Waals surface area contributed by atoms with Gasteiger partial charge in [-0.25, -0.2) is 0 Å². The fourth-order valence-electron chi connectivity index (χ4n) is 2.53. The van der Waals surface area contributed by atoms with Gasteiger partial charge in [-0.05, 0) is 49.2 Å². The van der Waals surface area contributed by atoms with E-state index >= 15 is 0 Å². The van der Waals surface area contributed by atoms with Crippen LogP contribution in [0, 0.1) is 0 Å². The van der Waals surface area contributed by atoms with Crippen molar-refractivity contribution in [2.45, 2.75) is 25.9 Å². The van der Waals surface area contributed by atoms with Gasteiger partial charge < -0.3 is 14.8 Å². The molecule has 0 saturated carbocycles. The Hall–Kier alpha value is -1.71. The van der Waals surface area contributed by atoms with E-state index in [1.165, 1.54) is 11.1 Å². The number of hydrogen-bond acceptors (Lipinski definition) is 3. The van der Waals surface area contributed by atoms with Crippen LogP contribution in [0.4, 0.5) is 0 Å². The van der Waals surface area contributed by atoms with E-state index in [0.717, 1.165) is 16.5 Å². The molecule has 0 radical (unpaired) electrons. The lowest BCUT2D eigenvalue weighted by atomic mass is 10.0. The zero-order valence-corrected chi connectivity index (χ0v) is 12.9. The predicted molar refractivity (Wildman–Crippen MR) is 84.0 cm³/mol. The monoisotopic (exact) mass is 303 g/mol. The zero-order chi connectivity index (χ0) is 14.8. The van der Waals surface area contributed by atoms with Crippen molar-refractivity contribution in [3.63, 3.8) is 0 Å². The number of benzene rings is 2. The highest BCUT2D eigenvalue weighted by molar-refractivity contribution is 6.30. The Morgan fingerprint density at radius 2 is 1.67 bits per heavy atom. The molecule has 3 rings (SSSR count). The summed E-state index contributed by atoms with van der Waals surface area (Å²) in [5.74, 6) is 1.63. The maximum absolute atomic E-state index is 6.05. The van der Waals surface area contributed by atoms with Crippen molar-refractivity contribution >= 4 is 11.6 Å². The second-order valence-electron chi connectivity index (χ2n) is 5.28. The Morgan fingerprint density at radius 3 is 2.43 bits per heavy atom. The third-order valence-corrected chi connectivity index (χ3v) is 3.98. The van der Waals surface area contributed by atoms with E-state index < -0.39 is 0 Å². The molecule has 1 heterocycles. The molecule has 1 N–H and O–H groups in total. The van der Waals surface area contributed by atoms with Gasteiger partial charge in [-0.2, -0.15) is 0 Å². The Bertz CT molecular complexity index is 644. The Morgan fingerprint density at radius 1 is 0.952 bits per heavy atom. The quantitative estimate of drug-likeness (QED) is 0.903. The van der Waals surface area contributed by atoms with Gasteiger partial charge in [0.25, 0.3) is 0 Å². The van der Waals surface area contributed by atoms with Gasteiger partial charge in [-0.15, -0.1) is 0 Å². The molecule has 1 unspecified atom stereocenters. The first-order valence-corrected chi connectivity index (χ1v) is 7.42. The molecule has 4 heteroatoms. The summed E-state index contributed by atoms with van der Waals surface area (Å²) in [6.45, 7) is 4.58. The number of ether oxygens (including phenoxy) is 2. The van der Waals surface area contributed by atoms with Crippen molar-refractivity contribution in [1.82, 2.24) is 5.32 Å². The fourth-order valence-corrected chi connectivity index (χ4v) is 2.72. The van der Waals surface area contributed by atoms with E-state index in [9.17, 15) is 0 Å². The topological polar surface area (TPSA) is 30.5 Å². The highest BCUT2D eigenvalue weighted by Crippen LogP contribution is 2.34. The normalized spacial score (nSPS) is 15.8. The van der Waals surface area contributed by atoms with Crippen LogP contribution in [0.5, 0.6) is 11.5 Å². The summed E-state index contributed by atoms with van der Waals surface area (Å²) in [5, 5.41) is 4.34. The lowest BCUT2D eigenvalue weighted by molar-refractivity contribution is 0.174. The van der Waals surface area contributed by atoms with Crippen molar-refractivity contribution in [3.05, 3.63) is 58.6 Å². The average Bonchev–Trinajstić information content (AvgIpc) is 2.94. The maximum Gasteiger partial charge on any atom is 0.231 e. The summed E-state index contributed by atoms with van der Waals surface area (Å²) in [6, 6.07) is 14.4. The summed E-state index contributed by atoms with van der Waals surface area (Å²) in [4.78, 5) is 0. The van der Waals surface area contributed by atoms with Crippen LogP contribution in [0.3, 0.4) is 0 Å². The van der Waals surface area contributed by atoms with Gasteiger partial charge in [-0.3, -0.25) is 0 Å². The second-order valence-corrected chi connectivity index (χ2v) is 5.71. The van der Waals surface area contributed by atoms with Crippen LogP contribution in [-0.4, -0.2) is 6.79 Å². The van der Waals surface area contributed by atoms with Crippen molar-refractivity contribution in [2.75, 3.05) is 6.79 Å². The van der Waals surface area contributed by atoms with Crippen LogP contribution in [0.2, 0.25) is 5.02 Å². The molecule has 2 aromatic carbocycles. The number of halogens is 1. The minimum absolute atomic E-state index is 0.202. The Balaban J connectivity index is 1.72. The third-order valence-electron chi connectivity index (χ3n) is 3.75. The largest absolute Gasteiger partial charge is 0.454 e. The van der Waals surface area contributed by atoms with Gasteiger partial charge in [-0.1, -0.05) is 29.8 Å². The molecule has 3 nitrogen and oxygen atoms in total. The smallest absolute Gasteiger partial charge is 0.231 e. The molecular weight excluding hydrogens is 286 g/mol. The molecule has 0 amide bonds. The van der Waals surface area contributed by atoms with E-state index in [0.29, 0.717) is 6.79 Å². The van der Waals surface area contributed by atoms with Crippen LogP contribution in [0.1, 0.15) is 37.1 Å². The fraction of sp³-hybridized carbons (Fsp3) is 0.294. The molecular formula is C17H18ClNO2. The van der Waals surface area contributed by atoms with Crippen molar-refractivity contribution in [3.8, 4) is 11.5 Å². The minimum Gasteiger partial charge on any atom is -0.454 e. The highest BCUT2D eigenvalue weighted by atomic mass is 35.5. The molecule has 0 aromatic heterocycles. The molecule has 110 valence electrons. The standard InChI is InChI=1S/C17H18ClNO2/c1-11(13-4-3-5-15(18)8-13)19-12(2)14-6-7-16-17(9-14)21-10-20-16/h3-9,11-12,19H,10H2,1-2H3/t11-,12?/m0/s1. The first-order chi connectivity index (χ1) is 10.1. The summed E-state index contributed by atoms with van der Waals surface area (Å²) < 4.78 is 10.8. The third kappa shape index (κ3) is 3.14. The van der Waals surface area contributed by atoms with Gasteiger partial charge in [0, 0.05) is 17.1 Å². The van der Waals surface area contributed by atoms with Crippen molar-refractivity contribution in [2.24, 2.45) is 0 Å². The number of hydrogen-bond donors (Lipinski definition) is 1. The lowest BCUT2D eigenvalue weighted by Crippen LogP contribution is -2.22. The second kappa shape index (κ2) is 5.96. The Labute approximate surface area is 129 Å². The number of nitrogens with one attached hydrogen (secondary N) is 1. The Kier molecular flexibility index (Phi) is 4.04. The maximum atomic E-state index is 6.05. The number of rotatable bonds is 4. The van der Waals surface area contributed by atoms with Crippen molar-refractivity contribution in [1.29, 1.82) is 0 Å². The van der Waals surface area contributed by atoms with E-state index in [2.05, 4.69) is 31.3 Å². The lowest BCUT2D eigenvalue weighted by Gasteiger charge is -2.21. The molecule has 1 aliphatic heterocycles. The molecule has 2 aromatic rings. The average molecular weight is 304 g/mol. The molecule has 0 spiro atoms. The van der Waals surface area contributed by atoms with E-state index in [1.54, 1.807) is 0 Å². The summed E-state index contributed by atoms with van der Waals surface area (Å²) in [6.07, 6.45) is 0. The SMILES string of the molecule is CC(N[C@@H](C)c1cccc(Cl)c1)c1ccc2c(c1)OCO2. The van der Waals surface area contributed by atoms with Gasteiger partial charge >= 0.3 is 0 Å². The van der Waals surface area contributed by atoms with Crippen molar-refractivity contribution < 1.29 is 9.47 Å². The van der Waals surface area contributed by atoms with E-state index in [-0.39, 0.29) is 12.1 Å². The molecule has 0 fully saturated rings. The minimum atomic E-state index is 0.202.